The second-order valence-electron chi connectivity index (χ2n) is 4.96. The van der Waals surface area contributed by atoms with E-state index < -0.39 is 5.54 Å². The fourth-order valence-electron chi connectivity index (χ4n) is 2.59. The van der Waals surface area contributed by atoms with Gasteiger partial charge in [0.15, 0.2) is 0 Å². The zero-order valence-electron chi connectivity index (χ0n) is 10.4. The maximum absolute atomic E-state index is 12.3. The van der Waals surface area contributed by atoms with Crippen molar-refractivity contribution in [1.82, 2.24) is 15.5 Å². The predicted molar refractivity (Wildman–Crippen MR) is 64.6 cm³/mol. The number of amides is 3. The maximum atomic E-state index is 12.3. The number of nitrogens with one attached hydrogen (secondary N) is 2. The van der Waals surface area contributed by atoms with Gasteiger partial charge in [-0.1, -0.05) is 19.8 Å². The maximum Gasteiger partial charge on any atom is 0.325 e. The van der Waals surface area contributed by atoms with Gasteiger partial charge in [0.25, 0.3) is 5.91 Å². The molecule has 1 unspecified atom stereocenters. The van der Waals surface area contributed by atoms with Crippen LogP contribution in [0.2, 0.25) is 0 Å². The number of hydrogen-bond acceptors (Lipinski definition) is 3. The van der Waals surface area contributed by atoms with Gasteiger partial charge in [0.2, 0.25) is 0 Å². The Morgan fingerprint density at radius 2 is 2.18 bits per heavy atom. The molecule has 0 saturated carbocycles. The molecule has 96 valence electrons. The molecular weight excluding hydrogens is 218 g/mol. The number of carbonyl (C=O) groups is 2. The zero-order chi connectivity index (χ0) is 12.3. The third-order valence-electron chi connectivity index (χ3n) is 3.62. The van der Waals surface area contributed by atoms with E-state index in [2.05, 4.69) is 17.6 Å². The fraction of sp³-hybridized carbons (Fsp3) is 0.833. The summed E-state index contributed by atoms with van der Waals surface area (Å²) in [5.41, 5.74) is -0.651. The van der Waals surface area contributed by atoms with Crippen LogP contribution < -0.4 is 10.6 Å². The molecule has 5 nitrogen and oxygen atoms in total. The summed E-state index contributed by atoms with van der Waals surface area (Å²) in [6.45, 7) is 4.17. The lowest BCUT2D eigenvalue weighted by Crippen LogP contribution is -2.57. The average molecular weight is 239 g/mol. The molecule has 0 aromatic carbocycles. The molecule has 2 rings (SSSR count). The molecule has 0 aromatic rings. The van der Waals surface area contributed by atoms with E-state index in [4.69, 9.17) is 0 Å². The third kappa shape index (κ3) is 2.29. The van der Waals surface area contributed by atoms with Crippen molar-refractivity contribution in [3.63, 3.8) is 0 Å². The Labute approximate surface area is 102 Å². The van der Waals surface area contributed by atoms with Crippen LogP contribution in [0.4, 0.5) is 4.79 Å². The number of imide groups is 1. The van der Waals surface area contributed by atoms with Crippen molar-refractivity contribution in [2.24, 2.45) is 0 Å². The number of unbranched alkanes of at least 4 members (excludes halogenated alkanes) is 2. The van der Waals surface area contributed by atoms with Gasteiger partial charge in [-0.15, -0.1) is 0 Å². The fourth-order valence-corrected chi connectivity index (χ4v) is 2.59. The van der Waals surface area contributed by atoms with Gasteiger partial charge >= 0.3 is 6.03 Å². The van der Waals surface area contributed by atoms with E-state index >= 15 is 0 Å². The van der Waals surface area contributed by atoms with E-state index in [1.54, 1.807) is 0 Å². The highest BCUT2D eigenvalue weighted by Gasteiger charge is 2.51. The number of hydrogen-bond donors (Lipinski definition) is 2. The first-order valence-corrected chi connectivity index (χ1v) is 6.54. The van der Waals surface area contributed by atoms with Crippen molar-refractivity contribution in [1.29, 1.82) is 0 Å². The van der Waals surface area contributed by atoms with Gasteiger partial charge in [-0.3, -0.25) is 9.69 Å². The molecule has 1 spiro atoms. The van der Waals surface area contributed by atoms with Crippen molar-refractivity contribution in [2.45, 2.75) is 44.6 Å². The Hall–Kier alpha value is -1.10. The molecule has 3 amide bonds. The summed E-state index contributed by atoms with van der Waals surface area (Å²) in [5, 5.41) is 6.07. The van der Waals surface area contributed by atoms with Crippen LogP contribution >= 0.6 is 0 Å². The van der Waals surface area contributed by atoms with E-state index in [1.807, 2.05) is 0 Å². The molecule has 17 heavy (non-hydrogen) atoms. The highest BCUT2D eigenvalue weighted by atomic mass is 16.2. The number of carbonyl (C=O) groups excluding carboxylic acids is 2. The first kappa shape index (κ1) is 12.4. The highest BCUT2D eigenvalue weighted by Crippen LogP contribution is 2.25. The second-order valence-corrected chi connectivity index (χ2v) is 4.96. The summed E-state index contributed by atoms with van der Waals surface area (Å²) >= 11 is 0. The summed E-state index contributed by atoms with van der Waals surface area (Å²) < 4.78 is 0. The highest BCUT2D eigenvalue weighted by molar-refractivity contribution is 6.07. The van der Waals surface area contributed by atoms with E-state index in [0.29, 0.717) is 13.1 Å². The van der Waals surface area contributed by atoms with Crippen LogP contribution in [-0.4, -0.2) is 42.0 Å². The van der Waals surface area contributed by atoms with E-state index in [9.17, 15) is 9.59 Å². The number of nitrogens with zero attached hydrogens (tertiary/aromatic N) is 1. The summed E-state index contributed by atoms with van der Waals surface area (Å²) in [5.74, 6) is -0.0363. The summed E-state index contributed by atoms with van der Waals surface area (Å²) in [4.78, 5) is 25.5. The Bertz CT molecular complexity index is 311. The van der Waals surface area contributed by atoms with Crippen molar-refractivity contribution >= 4 is 11.9 Å². The van der Waals surface area contributed by atoms with Crippen molar-refractivity contribution in [2.75, 3.05) is 19.6 Å². The molecule has 2 heterocycles. The zero-order valence-corrected chi connectivity index (χ0v) is 10.4. The Morgan fingerprint density at radius 3 is 2.82 bits per heavy atom. The molecule has 2 aliphatic heterocycles. The quantitative estimate of drug-likeness (QED) is 0.565. The van der Waals surface area contributed by atoms with E-state index in [0.717, 1.165) is 38.6 Å². The van der Waals surface area contributed by atoms with Crippen molar-refractivity contribution in [3.8, 4) is 0 Å². The van der Waals surface area contributed by atoms with Gasteiger partial charge in [-0.05, 0) is 25.8 Å². The molecular formula is C12H21N3O2. The van der Waals surface area contributed by atoms with Crippen LogP contribution in [0.5, 0.6) is 0 Å². The third-order valence-corrected chi connectivity index (χ3v) is 3.62. The normalized spacial score (nSPS) is 28.9. The summed E-state index contributed by atoms with van der Waals surface area (Å²) in [7, 11) is 0. The van der Waals surface area contributed by atoms with Gasteiger partial charge in [0, 0.05) is 13.1 Å². The number of urea groups is 1. The Balaban J connectivity index is 2.00. The molecule has 2 saturated heterocycles. The summed E-state index contributed by atoms with van der Waals surface area (Å²) in [6.07, 6.45) is 4.75. The second kappa shape index (κ2) is 5.04. The van der Waals surface area contributed by atoms with Crippen LogP contribution in [0.15, 0.2) is 0 Å². The lowest BCUT2D eigenvalue weighted by Gasteiger charge is -2.31. The number of piperidine rings is 1. The first-order chi connectivity index (χ1) is 8.19. The molecule has 1 atom stereocenters. The molecule has 0 aliphatic carbocycles. The number of rotatable bonds is 4. The largest absolute Gasteiger partial charge is 0.325 e. The van der Waals surface area contributed by atoms with Crippen LogP contribution in [0.3, 0.4) is 0 Å². The van der Waals surface area contributed by atoms with Gasteiger partial charge in [0.1, 0.15) is 5.54 Å². The van der Waals surface area contributed by atoms with Crippen molar-refractivity contribution in [3.05, 3.63) is 0 Å². The Morgan fingerprint density at radius 1 is 1.35 bits per heavy atom. The van der Waals surface area contributed by atoms with Gasteiger partial charge < -0.3 is 10.6 Å². The van der Waals surface area contributed by atoms with Gasteiger partial charge in [-0.2, -0.15) is 0 Å². The van der Waals surface area contributed by atoms with E-state index in [-0.39, 0.29) is 11.9 Å². The van der Waals surface area contributed by atoms with Crippen LogP contribution in [0.1, 0.15) is 39.0 Å². The van der Waals surface area contributed by atoms with Crippen molar-refractivity contribution < 1.29 is 9.59 Å². The molecule has 2 aliphatic rings. The smallest absolute Gasteiger partial charge is 0.322 e. The minimum atomic E-state index is -0.651. The van der Waals surface area contributed by atoms with Gasteiger partial charge in [-0.25, -0.2) is 4.79 Å². The average Bonchev–Trinajstić information content (AvgIpc) is 2.55. The molecule has 0 aromatic heterocycles. The van der Waals surface area contributed by atoms with Gasteiger partial charge in [0.05, 0.1) is 0 Å². The molecule has 2 N–H and O–H groups in total. The lowest BCUT2D eigenvalue weighted by molar-refractivity contribution is -0.131. The summed E-state index contributed by atoms with van der Waals surface area (Å²) in [6, 6.07) is -0.213. The molecule has 0 radical (unpaired) electrons. The molecule has 0 bridgehead atoms. The van der Waals surface area contributed by atoms with Crippen LogP contribution in [0.25, 0.3) is 0 Å². The SMILES string of the molecule is CCCCCN1C(=O)NC2(CCCNC2)C1=O. The predicted octanol–water partition coefficient (Wildman–Crippen LogP) is 0.851. The van der Waals surface area contributed by atoms with Crippen LogP contribution in [0, 0.1) is 0 Å². The first-order valence-electron chi connectivity index (χ1n) is 6.54. The minimum Gasteiger partial charge on any atom is -0.322 e. The lowest BCUT2D eigenvalue weighted by atomic mass is 9.90. The topological polar surface area (TPSA) is 61.4 Å². The minimum absolute atomic E-state index is 0.0363. The Kier molecular flexibility index (Phi) is 3.66. The van der Waals surface area contributed by atoms with E-state index in [1.165, 1.54) is 4.90 Å². The molecule has 2 fully saturated rings. The van der Waals surface area contributed by atoms with Crippen LogP contribution in [-0.2, 0) is 4.79 Å². The monoisotopic (exact) mass is 239 g/mol. The standard InChI is InChI=1S/C12H21N3O2/c1-2-3-4-8-15-10(16)12(14-11(15)17)6-5-7-13-9-12/h13H,2-9H2,1H3,(H,14,17). The molecule has 5 heteroatoms.